The topological polar surface area (TPSA) is 24.1 Å². The smallest absolute Gasteiger partial charge is 0.0618 e. The maximum atomic E-state index is 3.13. The first-order valence-electron chi connectivity index (χ1n) is 3.82. The van der Waals surface area contributed by atoms with Gasteiger partial charge in [0.05, 0.1) is 5.70 Å². The fourth-order valence-corrected chi connectivity index (χ4v) is 1.07. The lowest BCUT2D eigenvalue weighted by Crippen LogP contribution is -2.26. The molecule has 0 unspecified atom stereocenters. The minimum atomic E-state index is 1.04. The van der Waals surface area contributed by atoms with Crippen molar-refractivity contribution in [1.29, 1.82) is 0 Å². The predicted octanol–water partition coefficient (Wildman–Crippen LogP) is 1.45. The third-order valence-electron chi connectivity index (χ3n) is 1.65. The summed E-state index contributed by atoms with van der Waals surface area (Å²) in [5.74, 6) is 0. The summed E-state index contributed by atoms with van der Waals surface area (Å²) in [6, 6.07) is 11.0. The van der Waals surface area contributed by atoms with E-state index in [1.807, 2.05) is 42.6 Å². The minimum absolute atomic E-state index is 1.04. The number of rotatable bonds is 1. The Balaban J connectivity index is 2.31. The van der Waals surface area contributed by atoms with E-state index in [1.165, 1.54) is 0 Å². The second-order valence-electron chi connectivity index (χ2n) is 2.49. The first-order chi connectivity index (χ1) is 5.97. The van der Waals surface area contributed by atoms with E-state index in [9.17, 15) is 0 Å². The van der Waals surface area contributed by atoms with Crippen LogP contribution >= 0.6 is 0 Å². The molecule has 0 amide bonds. The van der Waals surface area contributed by atoms with Crippen molar-refractivity contribution in [2.24, 2.45) is 0 Å². The molecule has 1 aromatic rings. The number of hydrogen-bond donors (Lipinski definition) is 2. The lowest BCUT2D eigenvalue weighted by molar-refractivity contribution is 0.787. The molecule has 0 saturated carbocycles. The van der Waals surface area contributed by atoms with E-state index in [0.717, 1.165) is 11.3 Å². The Labute approximate surface area is 71.6 Å². The minimum Gasteiger partial charge on any atom is -0.308 e. The number of allylic oxidation sites excluding steroid dienone is 2. The summed E-state index contributed by atoms with van der Waals surface area (Å²) in [6.07, 6.45) is 5.79. The van der Waals surface area contributed by atoms with E-state index in [1.54, 1.807) is 0 Å². The molecule has 2 nitrogen and oxygen atoms in total. The van der Waals surface area contributed by atoms with Gasteiger partial charge in [0.15, 0.2) is 0 Å². The van der Waals surface area contributed by atoms with Gasteiger partial charge < -0.3 is 10.9 Å². The molecule has 12 heavy (non-hydrogen) atoms. The van der Waals surface area contributed by atoms with E-state index in [0.29, 0.717) is 0 Å². The van der Waals surface area contributed by atoms with Crippen LogP contribution in [0, 0.1) is 6.07 Å². The molecular weight excluding hydrogens is 148 g/mol. The first kappa shape index (κ1) is 6.98. The molecule has 0 saturated heterocycles. The van der Waals surface area contributed by atoms with Crippen LogP contribution in [0.1, 0.15) is 5.56 Å². The van der Waals surface area contributed by atoms with Crippen molar-refractivity contribution in [3.05, 3.63) is 54.2 Å². The van der Waals surface area contributed by atoms with E-state index < -0.39 is 0 Å². The summed E-state index contributed by atoms with van der Waals surface area (Å²) in [6.45, 7) is 0. The summed E-state index contributed by atoms with van der Waals surface area (Å²) in [4.78, 5) is 0. The van der Waals surface area contributed by atoms with Crippen molar-refractivity contribution in [2.45, 2.75) is 0 Å². The maximum Gasteiger partial charge on any atom is 0.0618 e. The molecule has 0 atom stereocenters. The van der Waals surface area contributed by atoms with Crippen LogP contribution in [0.25, 0.3) is 5.70 Å². The molecular formula is C10H9N2. The van der Waals surface area contributed by atoms with Gasteiger partial charge in [-0.1, -0.05) is 24.3 Å². The highest BCUT2D eigenvalue weighted by molar-refractivity contribution is 5.65. The van der Waals surface area contributed by atoms with Crippen molar-refractivity contribution in [2.75, 3.05) is 0 Å². The standard InChI is InChI=1S/C10H9N2/c1-2-5-9(6-3-1)10-7-4-8-11-12-10/h1-5,7-8,11-12H. The lowest BCUT2D eigenvalue weighted by Gasteiger charge is -2.12. The molecule has 0 bridgehead atoms. The summed E-state index contributed by atoms with van der Waals surface area (Å²) in [5.41, 5.74) is 8.05. The van der Waals surface area contributed by atoms with Crippen molar-refractivity contribution >= 4 is 5.70 Å². The van der Waals surface area contributed by atoms with Gasteiger partial charge in [-0.3, -0.25) is 0 Å². The lowest BCUT2D eigenvalue weighted by atomic mass is 10.1. The Hall–Kier alpha value is -1.70. The Morgan fingerprint density at radius 2 is 2.25 bits per heavy atom. The van der Waals surface area contributed by atoms with Crippen molar-refractivity contribution in [3.63, 3.8) is 0 Å². The van der Waals surface area contributed by atoms with Gasteiger partial charge in [0.2, 0.25) is 0 Å². The van der Waals surface area contributed by atoms with Gasteiger partial charge in [0.1, 0.15) is 0 Å². The van der Waals surface area contributed by atoms with E-state index >= 15 is 0 Å². The Morgan fingerprint density at radius 3 is 2.92 bits per heavy atom. The molecule has 1 aromatic carbocycles. The predicted molar refractivity (Wildman–Crippen MR) is 48.7 cm³/mol. The van der Waals surface area contributed by atoms with Crippen LogP contribution in [0.5, 0.6) is 0 Å². The average molecular weight is 157 g/mol. The normalized spacial score (nSPS) is 14.5. The van der Waals surface area contributed by atoms with Crippen LogP contribution in [0.4, 0.5) is 0 Å². The van der Waals surface area contributed by atoms with Gasteiger partial charge in [0.25, 0.3) is 0 Å². The largest absolute Gasteiger partial charge is 0.308 e. The fourth-order valence-electron chi connectivity index (χ4n) is 1.07. The zero-order chi connectivity index (χ0) is 8.23. The second-order valence-corrected chi connectivity index (χ2v) is 2.49. The van der Waals surface area contributed by atoms with Crippen LogP contribution in [0.15, 0.2) is 42.6 Å². The van der Waals surface area contributed by atoms with Gasteiger partial charge in [-0.15, -0.1) is 0 Å². The zero-order valence-corrected chi connectivity index (χ0v) is 6.54. The molecule has 2 heteroatoms. The van der Waals surface area contributed by atoms with Gasteiger partial charge in [-0.2, -0.15) is 0 Å². The highest BCUT2D eigenvalue weighted by Crippen LogP contribution is 2.10. The summed E-state index contributed by atoms with van der Waals surface area (Å²) >= 11 is 0. The van der Waals surface area contributed by atoms with E-state index in [4.69, 9.17) is 0 Å². The van der Waals surface area contributed by atoms with Gasteiger partial charge in [-0.25, -0.2) is 0 Å². The average Bonchev–Trinajstić information content (AvgIpc) is 2.21. The molecule has 0 aliphatic carbocycles. The molecule has 2 N–H and O–H groups in total. The molecule has 59 valence electrons. The first-order valence-corrected chi connectivity index (χ1v) is 3.82. The molecule has 0 aromatic heterocycles. The van der Waals surface area contributed by atoms with Crippen LogP contribution < -0.4 is 10.9 Å². The molecule has 1 aliphatic heterocycles. The monoisotopic (exact) mass is 157 g/mol. The van der Waals surface area contributed by atoms with Gasteiger partial charge in [0, 0.05) is 11.8 Å². The summed E-state index contributed by atoms with van der Waals surface area (Å²) < 4.78 is 0. The Bertz CT molecular complexity index is 312. The van der Waals surface area contributed by atoms with E-state index in [-0.39, 0.29) is 0 Å². The Morgan fingerprint density at radius 1 is 1.25 bits per heavy atom. The van der Waals surface area contributed by atoms with Crippen LogP contribution in [0.2, 0.25) is 0 Å². The number of hydrazine groups is 1. The summed E-state index contributed by atoms with van der Waals surface area (Å²) in [5, 5.41) is 0. The third-order valence-corrected chi connectivity index (χ3v) is 1.65. The number of benzene rings is 1. The number of hydrogen-bond acceptors (Lipinski definition) is 2. The van der Waals surface area contributed by atoms with E-state index in [2.05, 4.69) is 16.9 Å². The highest BCUT2D eigenvalue weighted by Gasteiger charge is 1.99. The van der Waals surface area contributed by atoms with Crippen molar-refractivity contribution in [3.8, 4) is 0 Å². The van der Waals surface area contributed by atoms with Crippen molar-refractivity contribution < 1.29 is 0 Å². The fraction of sp³-hybridized carbons (Fsp3) is 0. The quantitative estimate of drug-likeness (QED) is 0.644. The molecule has 2 rings (SSSR count). The number of nitrogens with one attached hydrogen (secondary N) is 2. The Kier molecular flexibility index (Phi) is 1.82. The maximum absolute atomic E-state index is 3.13. The van der Waals surface area contributed by atoms with Crippen LogP contribution in [-0.2, 0) is 0 Å². The third kappa shape index (κ3) is 1.32. The SMILES string of the molecule is [c]1ccccc1C1=CC=CNN1. The van der Waals surface area contributed by atoms with Gasteiger partial charge >= 0.3 is 0 Å². The second kappa shape index (κ2) is 3.13. The van der Waals surface area contributed by atoms with Crippen LogP contribution in [0.3, 0.4) is 0 Å². The zero-order valence-electron chi connectivity index (χ0n) is 6.54. The molecule has 1 radical (unpaired) electrons. The van der Waals surface area contributed by atoms with Crippen LogP contribution in [-0.4, -0.2) is 0 Å². The summed E-state index contributed by atoms with van der Waals surface area (Å²) in [7, 11) is 0. The highest BCUT2D eigenvalue weighted by atomic mass is 15.3. The molecule has 1 heterocycles. The molecule has 1 aliphatic rings. The molecule has 0 spiro atoms. The van der Waals surface area contributed by atoms with Crippen molar-refractivity contribution in [1.82, 2.24) is 10.9 Å². The van der Waals surface area contributed by atoms with Gasteiger partial charge in [-0.05, 0) is 18.2 Å². The molecule has 0 fully saturated rings.